The average Bonchev–Trinajstić information content (AvgIpc) is 3.80. The highest BCUT2D eigenvalue weighted by Gasteiger charge is 2.56. The van der Waals surface area contributed by atoms with Gasteiger partial charge >= 0.3 is 0 Å². The number of pyridine rings is 1. The highest BCUT2D eigenvalue weighted by molar-refractivity contribution is 5.70. The summed E-state index contributed by atoms with van der Waals surface area (Å²) < 4.78 is 15.2. The number of fused-ring (bicyclic) bond motifs is 3. The summed E-state index contributed by atoms with van der Waals surface area (Å²) in [5, 5.41) is 20.9. The minimum Gasteiger partial charge on any atom is -0.523 e. The van der Waals surface area contributed by atoms with E-state index in [4.69, 9.17) is 16.5 Å². The van der Waals surface area contributed by atoms with Crippen LogP contribution < -0.4 is 0 Å². The van der Waals surface area contributed by atoms with Crippen molar-refractivity contribution in [2.75, 3.05) is 6.61 Å². The number of hydrogen-bond donors (Lipinski definition) is 2. The third-order valence-corrected chi connectivity index (χ3v) is 9.27. The maximum Gasteiger partial charge on any atom is 0.203 e. The Morgan fingerprint density at radius 3 is 2.64 bits per heavy atom. The molecule has 2 heterocycles. The van der Waals surface area contributed by atoms with Crippen LogP contribution in [0, 0.1) is 23.7 Å². The number of aliphatic hydroxyl groups excluding tert-OH is 2. The summed E-state index contributed by atoms with van der Waals surface area (Å²) in [6.07, 6.45) is 6.88. The molecular formula is C32H33FN4O2. The second kappa shape index (κ2) is 9.53. The summed E-state index contributed by atoms with van der Waals surface area (Å²) >= 11 is 0. The maximum atomic E-state index is 15.2. The SMILES string of the molecule is [C-]#[N+]C1=C(O)[C@](C)(CCCO)[C@H]2CCc3c(-c4ccccc4F)nc(-c4ccnc(C5CC5)c4)nc3[C@]2(C)C1. The van der Waals surface area contributed by atoms with Gasteiger partial charge in [0.1, 0.15) is 11.6 Å². The van der Waals surface area contributed by atoms with E-state index in [0.29, 0.717) is 54.4 Å². The van der Waals surface area contributed by atoms with Gasteiger partial charge in [-0.15, -0.1) is 0 Å². The van der Waals surface area contributed by atoms with Crippen molar-refractivity contribution < 1.29 is 14.6 Å². The van der Waals surface area contributed by atoms with E-state index < -0.39 is 10.8 Å². The molecule has 0 spiro atoms. The van der Waals surface area contributed by atoms with Crippen molar-refractivity contribution in [1.29, 1.82) is 0 Å². The molecule has 1 saturated carbocycles. The molecule has 6 nitrogen and oxygen atoms in total. The van der Waals surface area contributed by atoms with Gasteiger partial charge in [0.25, 0.3) is 0 Å². The predicted molar refractivity (Wildman–Crippen MR) is 147 cm³/mol. The van der Waals surface area contributed by atoms with E-state index in [2.05, 4.69) is 22.8 Å². The minimum atomic E-state index is -0.674. The van der Waals surface area contributed by atoms with E-state index in [1.165, 1.54) is 6.07 Å². The van der Waals surface area contributed by atoms with Crippen molar-refractivity contribution in [3.8, 4) is 22.6 Å². The van der Waals surface area contributed by atoms with Crippen LogP contribution in [0.4, 0.5) is 4.39 Å². The average molecular weight is 525 g/mol. The van der Waals surface area contributed by atoms with Crippen LogP contribution in [0.5, 0.6) is 0 Å². The van der Waals surface area contributed by atoms with E-state index >= 15 is 4.39 Å². The van der Waals surface area contributed by atoms with Gasteiger partial charge in [0.05, 0.1) is 18.0 Å². The maximum absolute atomic E-state index is 15.2. The van der Waals surface area contributed by atoms with Crippen molar-refractivity contribution >= 4 is 0 Å². The zero-order chi connectivity index (χ0) is 27.4. The third-order valence-electron chi connectivity index (χ3n) is 9.27. The van der Waals surface area contributed by atoms with E-state index in [1.807, 2.05) is 19.1 Å². The number of benzene rings is 1. The molecule has 0 saturated heterocycles. The monoisotopic (exact) mass is 524 g/mol. The van der Waals surface area contributed by atoms with E-state index in [0.717, 1.165) is 41.8 Å². The van der Waals surface area contributed by atoms with Gasteiger partial charge < -0.3 is 10.2 Å². The molecule has 3 aliphatic carbocycles. The summed E-state index contributed by atoms with van der Waals surface area (Å²) in [6, 6.07) is 10.7. The minimum absolute atomic E-state index is 0.00904. The van der Waals surface area contributed by atoms with Crippen molar-refractivity contribution in [2.45, 2.75) is 70.1 Å². The van der Waals surface area contributed by atoms with Crippen LogP contribution in [0.15, 0.2) is 54.1 Å². The van der Waals surface area contributed by atoms with Crippen molar-refractivity contribution in [2.24, 2.45) is 11.3 Å². The first-order valence-electron chi connectivity index (χ1n) is 13.8. The van der Waals surface area contributed by atoms with Gasteiger partial charge in [0.15, 0.2) is 5.82 Å². The number of aliphatic hydroxyl groups is 2. The smallest absolute Gasteiger partial charge is 0.203 e. The van der Waals surface area contributed by atoms with Gasteiger partial charge in [-0.3, -0.25) is 4.98 Å². The molecule has 0 bridgehead atoms. The summed E-state index contributed by atoms with van der Waals surface area (Å²) in [6.45, 7) is 12.0. The van der Waals surface area contributed by atoms with E-state index in [1.54, 1.807) is 18.3 Å². The molecule has 0 aliphatic heterocycles. The van der Waals surface area contributed by atoms with Gasteiger partial charge in [-0.05, 0) is 75.1 Å². The predicted octanol–water partition coefficient (Wildman–Crippen LogP) is 6.91. The summed E-state index contributed by atoms with van der Waals surface area (Å²) in [5.74, 6) is 0.795. The van der Waals surface area contributed by atoms with Crippen molar-refractivity contribution in [3.05, 3.63) is 88.2 Å². The van der Waals surface area contributed by atoms with E-state index in [9.17, 15) is 10.2 Å². The molecule has 7 heteroatoms. The fourth-order valence-electron chi connectivity index (χ4n) is 7.15. The highest BCUT2D eigenvalue weighted by Crippen LogP contribution is 2.60. The normalized spacial score (nSPS) is 26.1. The number of halogens is 1. The Morgan fingerprint density at radius 2 is 1.92 bits per heavy atom. The molecule has 39 heavy (non-hydrogen) atoms. The van der Waals surface area contributed by atoms with Gasteiger partial charge in [0.2, 0.25) is 5.70 Å². The van der Waals surface area contributed by atoms with Crippen LogP contribution in [0.25, 0.3) is 27.5 Å². The number of hydrogen-bond acceptors (Lipinski definition) is 5. The molecule has 0 radical (unpaired) electrons. The summed E-state index contributed by atoms with van der Waals surface area (Å²) in [4.78, 5) is 18.5. The van der Waals surface area contributed by atoms with Crippen LogP contribution in [0.1, 0.15) is 75.2 Å². The lowest BCUT2D eigenvalue weighted by Crippen LogP contribution is -2.51. The second-order valence-corrected chi connectivity index (χ2v) is 11.8. The fourth-order valence-corrected chi connectivity index (χ4v) is 7.15. The zero-order valence-electron chi connectivity index (χ0n) is 22.4. The standard InChI is InChI=1S/C32H33FN4O2/c1-31(14-6-16-38)26-12-11-22-27(21-7-4-5-8-23(21)33)36-30(20-13-15-35-24(17-20)19-9-10-19)37-28(22)32(26,2)18-25(34-3)29(31)39/h4-5,7-8,13,15,17,19,26,38-39H,6,9-12,14,16,18H2,1-2H3/t26-,31-,32-/m1/s1. The molecule has 0 amide bonds. The van der Waals surface area contributed by atoms with Gasteiger partial charge in [-0.2, -0.15) is 0 Å². The Labute approximate surface area is 228 Å². The van der Waals surface area contributed by atoms with Gasteiger partial charge in [0, 0.05) is 51.9 Å². The Bertz CT molecular complexity index is 1520. The second-order valence-electron chi connectivity index (χ2n) is 11.8. The van der Waals surface area contributed by atoms with Gasteiger partial charge in [-0.25, -0.2) is 19.2 Å². The topological polar surface area (TPSA) is 83.5 Å². The highest BCUT2D eigenvalue weighted by atomic mass is 19.1. The number of rotatable bonds is 6. The Hall–Kier alpha value is -3.63. The Morgan fingerprint density at radius 1 is 1.13 bits per heavy atom. The first-order chi connectivity index (χ1) is 18.8. The number of allylic oxidation sites excluding steroid dienone is 2. The lowest BCUT2D eigenvalue weighted by Gasteiger charge is -2.54. The molecule has 6 rings (SSSR count). The van der Waals surface area contributed by atoms with E-state index in [-0.39, 0.29) is 24.1 Å². The molecule has 200 valence electrons. The van der Waals surface area contributed by atoms with Crippen LogP contribution >= 0.6 is 0 Å². The molecule has 0 unspecified atom stereocenters. The largest absolute Gasteiger partial charge is 0.523 e. The lowest BCUT2D eigenvalue weighted by molar-refractivity contribution is 0.0361. The first kappa shape index (κ1) is 25.6. The molecule has 2 aromatic heterocycles. The quantitative estimate of drug-likeness (QED) is 0.342. The van der Waals surface area contributed by atoms with Crippen LogP contribution in [-0.4, -0.2) is 31.8 Å². The third kappa shape index (κ3) is 4.13. The molecule has 1 aromatic carbocycles. The summed E-state index contributed by atoms with van der Waals surface area (Å²) in [5.41, 5.74) is 3.75. The Kier molecular flexibility index (Phi) is 6.27. The first-order valence-corrected chi connectivity index (χ1v) is 13.8. The number of aromatic nitrogens is 3. The van der Waals surface area contributed by atoms with Crippen LogP contribution in [0.3, 0.4) is 0 Å². The molecule has 3 aromatic rings. The number of nitrogens with zero attached hydrogens (tertiary/aromatic N) is 4. The van der Waals surface area contributed by atoms with Crippen molar-refractivity contribution in [3.63, 3.8) is 0 Å². The zero-order valence-corrected chi connectivity index (χ0v) is 22.4. The van der Waals surface area contributed by atoms with Crippen molar-refractivity contribution in [1.82, 2.24) is 15.0 Å². The Balaban J connectivity index is 1.59. The molecule has 3 aliphatic rings. The van der Waals surface area contributed by atoms with Crippen LogP contribution in [-0.2, 0) is 11.8 Å². The lowest BCUT2D eigenvalue weighted by atomic mass is 9.51. The molecule has 2 N–H and O–H groups in total. The summed E-state index contributed by atoms with van der Waals surface area (Å²) in [7, 11) is 0. The molecular weight excluding hydrogens is 491 g/mol. The molecule has 3 atom stereocenters. The van der Waals surface area contributed by atoms with Crippen LogP contribution in [0.2, 0.25) is 0 Å². The molecule has 1 fully saturated rings. The van der Waals surface area contributed by atoms with Gasteiger partial charge in [-0.1, -0.05) is 26.0 Å². The fraction of sp³-hybridized carbons (Fsp3) is 0.438.